The quantitative estimate of drug-likeness (QED) is 0.682. The van der Waals surface area contributed by atoms with Gasteiger partial charge in [-0.05, 0) is 29.3 Å². The number of hydrogen-bond acceptors (Lipinski definition) is 1. The summed E-state index contributed by atoms with van der Waals surface area (Å²) in [7, 11) is 0. The number of aryl methyl sites for hydroxylation is 1. The summed E-state index contributed by atoms with van der Waals surface area (Å²) < 4.78 is 1.81. The molecule has 0 radical (unpaired) electrons. The minimum absolute atomic E-state index is 0.0490. The highest BCUT2D eigenvalue weighted by Crippen LogP contribution is 2.19. The molecule has 0 unspecified atom stereocenters. The molecule has 2 nitrogen and oxygen atoms in total. The molecule has 2 heteroatoms. The summed E-state index contributed by atoms with van der Waals surface area (Å²) in [6, 6.07) is 19.9. The van der Waals surface area contributed by atoms with Gasteiger partial charge in [0.15, 0.2) is 0 Å². The molecule has 0 saturated carbocycles. The first-order valence-electron chi connectivity index (χ1n) is 6.39. The van der Waals surface area contributed by atoms with E-state index < -0.39 is 0 Å². The van der Waals surface area contributed by atoms with E-state index in [9.17, 15) is 4.79 Å². The summed E-state index contributed by atoms with van der Waals surface area (Å²) in [4.78, 5) is 11.9. The SMILES string of the molecule is Cc1cccc(=O)n1Cc1cccc2ccccc12. The van der Waals surface area contributed by atoms with Gasteiger partial charge >= 0.3 is 0 Å². The topological polar surface area (TPSA) is 22.0 Å². The van der Waals surface area contributed by atoms with Gasteiger partial charge in [0, 0.05) is 11.8 Å². The minimum atomic E-state index is 0.0490. The maximum atomic E-state index is 11.9. The third-order valence-electron chi connectivity index (χ3n) is 3.48. The zero-order valence-electron chi connectivity index (χ0n) is 10.8. The van der Waals surface area contributed by atoms with E-state index in [-0.39, 0.29) is 5.56 Å². The Morgan fingerprint density at radius 2 is 1.63 bits per heavy atom. The fraction of sp³-hybridized carbons (Fsp3) is 0.118. The number of nitrogens with zero attached hydrogens (tertiary/aromatic N) is 1. The molecule has 0 amide bonds. The second kappa shape index (κ2) is 4.73. The molecule has 0 aliphatic heterocycles. The van der Waals surface area contributed by atoms with Gasteiger partial charge in [-0.1, -0.05) is 48.5 Å². The predicted molar refractivity (Wildman–Crippen MR) is 78.5 cm³/mol. The average molecular weight is 249 g/mol. The Hall–Kier alpha value is -2.35. The van der Waals surface area contributed by atoms with Crippen LogP contribution in [0.15, 0.2) is 65.5 Å². The highest BCUT2D eigenvalue weighted by molar-refractivity contribution is 5.85. The van der Waals surface area contributed by atoms with Crippen molar-refractivity contribution < 1.29 is 0 Å². The molecule has 1 heterocycles. The zero-order valence-corrected chi connectivity index (χ0v) is 10.8. The first-order valence-corrected chi connectivity index (χ1v) is 6.39. The summed E-state index contributed by atoms with van der Waals surface area (Å²) in [5.41, 5.74) is 2.21. The maximum Gasteiger partial charge on any atom is 0.251 e. The minimum Gasteiger partial charge on any atom is -0.309 e. The van der Waals surface area contributed by atoms with Gasteiger partial charge in [-0.3, -0.25) is 4.79 Å². The van der Waals surface area contributed by atoms with Gasteiger partial charge in [0.2, 0.25) is 0 Å². The smallest absolute Gasteiger partial charge is 0.251 e. The van der Waals surface area contributed by atoms with Crippen LogP contribution >= 0.6 is 0 Å². The molecule has 94 valence electrons. The average Bonchev–Trinajstić information content (AvgIpc) is 2.43. The Bertz CT molecular complexity index is 781. The molecule has 0 N–H and O–H groups in total. The number of hydrogen-bond donors (Lipinski definition) is 0. The Balaban J connectivity index is 2.14. The van der Waals surface area contributed by atoms with Crippen molar-refractivity contribution in [1.82, 2.24) is 4.57 Å². The molecule has 3 aromatic rings. The lowest BCUT2D eigenvalue weighted by atomic mass is 10.0. The first-order chi connectivity index (χ1) is 9.25. The van der Waals surface area contributed by atoms with Crippen molar-refractivity contribution in [1.29, 1.82) is 0 Å². The van der Waals surface area contributed by atoms with Gasteiger partial charge in [-0.2, -0.15) is 0 Å². The molecule has 0 aliphatic carbocycles. The standard InChI is InChI=1S/C17H15NO/c1-13-6-4-11-17(19)18(13)12-15-9-5-8-14-7-2-3-10-16(14)15/h2-11H,12H2,1H3. The van der Waals surface area contributed by atoms with Crippen molar-refractivity contribution in [2.45, 2.75) is 13.5 Å². The van der Waals surface area contributed by atoms with Crippen molar-refractivity contribution >= 4 is 10.8 Å². The van der Waals surface area contributed by atoms with Gasteiger partial charge in [-0.25, -0.2) is 0 Å². The monoisotopic (exact) mass is 249 g/mol. The number of benzene rings is 2. The Morgan fingerprint density at radius 3 is 2.47 bits per heavy atom. The first kappa shape index (κ1) is 11.7. The van der Waals surface area contributed by atoms with E-state index in [1.165, 1.54) is 16.3 Å². The van der Waals surface area contributed by atoms with Crippen molar-refractivity contribution in [2.75, 3.05) is 0 Å². The lowest BCUT2D eigenvalue weighted by Gasteiger charge is -2.11. The predicted octanol–water partition coefficient (Wildman–Crippen LogP) is 3.36. The third kappa shape index (κ3) is 2.17. The van der Waals surface area contributed by atoms with Crippen LogP contribution in [0.5, 0.6) is 0 Å². The highest BCUT2D eigenvalue weighted by atomic mass is 16.1. The van der Waals surface area contributed by atoms with Crippen molar-refractivity contribution in [3.05, 3.63) is 82.3 Å². The van der Waals surface area contributed by atoms with E-state index in [0.717, 1.165) is 5.69 Å². The van der Waals surface area contributed by atoms with E-state index in [2.05, 4.69) is 24.3 Å². The molecule has 0 saturated heterocycles. The van der Waals surface area contributed by atoms with Crippen molar-refractivity contribution in [3.63, 3.8) is 0 Å². The second-order valence-corrected chi connectivity index (χ2v) is 4.73. The molecular weight excluding hydrogens is 234 g/mol. The van der Waals surface area contributed by atoms with Crippen LogP contribution in [0, 0.1) is 6.92 Å². The number of pyridine rings is 1. The van der Waals surface area contributed by atoms with Crippen LogP contribution in [0.1, 0.15) is 11.3 Å². The van der Waals surface area contributed by atoms with Crippen molar-refractivity contribution in [3.8, 4) is 0 Å². The lowest BCUT2D eigenvalue weighted by molar-refractivity contribution is 0.734. The number of rotatable bonds is 2. The molecule has 0 spiro atoms. The Kier molecular flexibility index (Phi) is 2.92. The number of aromatic nitrogens is 1. The summed E-state index contributed by atoms with van der Waals surface area (Å²) in [5.74, 6) is 0. The highest BCUT2D eigenvalue weighted by Gasteiger charge is 2.04. The van der Waals surface area contributed by atoms with Crippen LogP contribution in [0.2, 0.25) is 0 Å². The Morgan fingerprint density at radius 1 is 0.895 bits per heavy atom. The van der Waals surface area contributed by atoms with Gasteiger partial charge in [0.25, 0.3) is 5.56 Å². The fourth-order valence-electron chi connectivity index (χ4n) is 2.43. The van der Waals surface area contributed by atoms with Crippen LogP contribution in [0.3, 0.4) is 0 Å². The fourth-order valence-corrected chi connectivity index (χ4v) is 2.43. The largest absolute Gasteiger partial charge is 0.309 e. The summed E-state index contributed by atoms with van der Waals surface area (Å²) in [5, 5.41) is 2.42. The molecule has 3 rings (SSSR count). The molecule has 19 heavy (non-hydrogen) atoms. The molecule has 0 aliphatic rings. The molecule has 0 fully saturated rings. The Labute approximate surface area is 111 Å². The molecule has 2 aromatic carbocycles. The van der Waals surface area contributed by atoms with Crippen LogP contribution in [0.25, 0.3) is 10.8 Å². The van der Waals surface area contributed by atoms with E-state index in [4.69, 9.17) is 0 Å². The summed E-state index contributed by atoms with van der Waals surface area (Å²) in [6.45, 7) is 2.58. The summed E-state index contributed by atoms with van der Waals surface area (Å²) >= 11 is 0. The summed E-state index contributed by atoms with van der Waals surface area (Å²) in [6.07, 6.45) is 0. The molecule has 0 atom stereocenters. The van der Waals surface area contributed by atoms with E-state index in [0.29, 0.717) is 6.54 Å². The second-order valence-electron chi connectivity index (χ2n) is 4.73. The zero-order chi connectivity index (χ0) is 13.2. The molecule has 0 bridgehead atoms. The van der Waals surface area contributed by atoms with Gasteiger partial charge in [-0.15, -0.1) is 0 Å². The lowest BCUT2D eigenvalue weighted by Crippen LogP contribution is -2.21. The van der Waals surface area contributed by atoms with Gasteiger partial charge in [0.1, 0.15) is 0 Å². The number of fused-ring (bicyclic) bond motifs is 1. The molecule has 1 aromatic heterocycles. The van der Waals surface area contributed by atoms with E-state index in [1.54, 1.807) is 12.1 Å². The van der Waals surface area contributed by atoms with Crippen molar-refractivity contribution in [2.24, 2.45) is 0 Å². The maximum absolute atomic E-state index is 11.9. The van der Waals surface area contributed by atoms with E-state index in [1.807, 2.05) is 35.8 Å². The van der Waals surface area contributed by atoms with Crippen LogP contribution in [-0.4, -0.2) is 4.57 Å². The molecular formula is C17H15NO. The van der Waals surface area contributed by atoms with Crippen LogP contribution < -0.4 is 5.56 Å². The normalized spacial score (nSPS) is 10.8. The van der Waals surface area contributed by atoms with Gasteiger partial charge in [0.05, 0.1) is 6.54 Å². The van der Waals surface area contributed by atoms with Crippen LogP contribution in [0.4, 0.5) is 0 Å². The van der Waals surface area contributed by atoms with Crippen LogP contribution in [-0.2, 0) is 6.54 Å². The van der Waals surface area contributed by atoms with E-state index >= 15 is 0 Å². The third-order valence-corrected chi connectivity index (χ3v) is 3.48. The van der Waals surface area contributed by atoms with Gasteiger partial charge < -0.3 is 4.57 Å².